The van der Waals surface area contributed by atoms with Gasteiger partial charge in [0.2, 0.25) is 0 Å². The van der Waals surface area contributed by atoms with Gasteiger partial charge in [-0.05, 0) is 35.8 Å². The first-order valence-electron chi connectivity index (χ1n) is 8.25. The first-order valence-corrected chi connectivity index (χ1v) is 8.25. The van der Waals surface area contributed by atoms with Gasteiger partial charge in [-0.15, -0.1) is 0 Å². The van der Waals surface area contributed by atoms with E-state index in [-0.39, 0.29) is 23.0 Å². The second-order valence-electron chi connectivity index (χ2n) is 6.76. The normalized spacial score (nSPS) is 27.9. The van der Waals surface area contributed by atoms with Crippen molar-refractivity contribution < 1.29 is 37.7 Å². The number of halogens is 3. The van der Waals surface area contributed by atoms with Crippen molar-refractivity contribution in [2.45, 2.75) is 37.0 Å². The zero-order chi connectivity index (χ0) is 20.0. The number of benzene rings is 1. The molecule has 1 unspecified atom stereocenters. The Morgan fingerprint density at radius 2 is 2.04 bits per heavy atom. The third kappa shape index (κ3) is 3.27. The summed E-state index contributed by atoms with van der Waals surface area (Å²) in [5, 5.41) is 17.1. The van der Waals surface area contributed by atoms with Crippen molar-refractivity contribution in [1.82, 2.24) is 4.90 Å². The average molecular weight is 385 g/mol. The largest absolute Gasteiger partial charge is 0.504 e. The number of alkyl halides is 3. The molecule has 0 spiro atoms. The van der Waals surface area contributed by atoms with Crippen LogP contribution in [0.3, 0.4) is 0 Å². The number of hydrogen-bond donors (Lipinski definition) is 2. The van der Waals surface area contributed by atoms with Gasteiger partial charge in [0.05, 0.1) is 7.11 Å². The van der Waals surface area contributed by atoms with Crippen molar-refractivity contribution in [2.75, 3.05) is 13.7 Å². The fourth-order valence-corrected chi connectivity index (χ4v) is 4.13. The molecule has 3 atom stereocenters. The second-order valence-corrected chi connectivity index (χ2v) is 6.76. The predicted molar refractivity (Wildman–Crippen MR) is 87.6 cm³/mol. The van der Waals surface area contributed by atoms with Gasteiger partial charge >= 0.3 is 12.1 Å². The van der Waals surface area contributed by atoms with Crippen molar-refractivity contribution in [2.24, 2.45) is 0 Å². The highest BCUT2D eigenvalue weighted by atomic mass is 19.4. The van der Waals surface area contributed by atoms with E-state index in [1.54, 1.807) is 13.2 Å². The maximum Gasteiger partial charge on any atom is 0.490 e. The third-order valence-corrected chi connectivity index (χ3v) is 5.33. The number of phenolic OH excluding ortho intramolecular Hbond substituents is 1. The lowest BCUT2D eigenvalue weighted by Gasteiger charge is -2.43. The van der Waals surface area contributed by atoms with Crippen LogP contribution >= 0.6 is 0 Å². The number of hydrogen-bond acceptors (Lipinski definition) is 5. The Balaban J connectivity index is 0.000000260. The monoisotopic (exact) mass is 385 g/mol. The first kappa shape index (κ1) is 19.2. The van der Waals surface area contributed by atoms with Crippen LogP contribution in [0.25, 0.3) is 0 Å². The molecule has 1 aromatic carbocycles. The van der Waals surface area contributed by atoms with Crippen LogP contribution in [0.2, 0.25) is 0 Å². The Bertz CT molecular complexity index is 820. The van der Waals surface area contributed by atoms with E-state index in [0.29, 0.717) is 12.2 Å². The van der Waals surface area contributed by atoms with Gasteiger partial charge in [0.1, 0.15) is 0 Å². The quantitative estimate of drug-likeness (QED) is 0.772. The second kappa shape index (κ2) is 6.56. The van der Waals surface area contributed by atoms with E-state index in [0.717, 1.165) is 25.1 Å². The van der Waals surface area contributed by atoms with Gasteiger partial charge in [-0.25, -0.2) is 4.79 Å². The van der Waals surface area contributed by atoms with E-state index >= 15 is 0 Å². The Kier molecular flexibility index (Phi) is 4.67. The zero-order valence-corrected chi connectivity index (χ0v) is 14.4. The molecule has 4 rings (SSSR count). The zero-order valence-electron chi connectivity index (χ0n) is 14.4. The number of ether oxygens (including phenoxy) is 1. The molecule has 2 heterocycles. The van der Waals surface area contributed by atoms with Crippen molar-refractivity contribution in [3.05, 3.63) is 35.4 Å². The number of methoxy groups -OCH3 is 1. The van der Waals surface area contributed by atoms with Crippen molar-refractivity contribution in [1.29, 1.82) is 0 Å². The maximum absolute atomic E-state index is 11.7. The van der Waals surface area contributed by atoms with Gasteiger partial charge < -0.3 is 14.9 Å². The Labute approximate surface area is 152 Å². The summed E-state index contributed by atoms with van der Waals surface area (Å²) in [7, 11) is 1.57. The van der Waals surface area contributed by atoms with Crippen LogP contribution in [0.5, 0.6) is 11.5 Å². The average Bonchev–Trinajstić information content (AvgIpc) is 2.86. The van der Waals surface area contributed by atoms with Crippen molar-refractivity contribution in [3.63, 3.8) is 0 Å². The number of fused-ring (bicyclic) bond motifs is 1. The van der Waals surface area contributed by atoms with Gasteiger partial charge in [0.25, 0.3) is 0 Å². The molecule has 1 saturated heterocycles. The fourth-order valence-electron chi connectivity index (χ4n) is 4.13. The molecule has 1 fully saturated rings. The molecule has 0 amide bonds. The number of aliphatic carboxylic acids is 1. The summed E-state index contributed by atoms with van der Waals surface area (Å²) in [6.45, 7) is 1.81. The number of carboxylic acids is 1. The standard InChI is InChI=1S/C16H17NO3.C2HF3O2/c1-20-14-8-12-10(6-13(14)19)9-17-5-4-16(12)3-2-11(18)7-15(16)17;3-2(4,5)1(6)7/h2-3,6,8,15,19H,4-5,7,9H2,1H3;(H,6,7)/t15-,16-;/m0./s1. The molecule has 0 aromatic heterocycles. The highest BCUT2D eigenvalue weighted by Gasteiger charge is 2.53. The van der Waals surface area contributed by atoms with Gasteiger partial charge in [0.15, 0.2) is 17.3 Å². The minimum atomic E-state index is -5.08. The van der Waals surface area contributed by atoms with Gasteiger partial charge in [-0.1, -0.05) is 6.08 Å². The number of nitrogens with zero attached hydrogens (tertiary/aromatic N) is 1. The summed E-state index contributed by atoms with van der Waals surface area (Å²) in [5.74, 6) is -1.83. The molecular formula is C18H18F3NO5. The number of ketones is 1. The van der Waals surface area contributed by atoms with Gasteiger partial charge in [-0.2, -0.15) is 13.2 Å². The van der Waals surface area contributed by atoms with E-state index in [1.807, 2.05) is 12.1 Å². The lowest BCUT2D eigenvalue weighted by molar-refractivity contribution is -0.192. The number of carbonyl (C=O) groups excluding carboxylic acids is 1. The van der Waals surface area contributed by atoms with Crippen LogP contribution in [0, 0.1) is 0 Å². The lowest BCUT2D eigenvalue weighted by Crippen LogP contribution is -2.48. The summed E-state index contributed by atoms with van der Waals surface area (Å²) in [4.78, 5) is 23.0. The number of aromatic hydroxyl groups is 1. The summed E-state index contributed by atoms with van der Waals surface area (Å²) in [5.41, 5.74) is 2.29. The van der Waals surface area contributed by atoms with Gasteiger partial charge in [0, 0.05) is 31.0 Å². The maximum atomic E-state index is 11.7. The third-order valence-electron chi connectivity index (χ3n) is 5.33. The molecule has 3 aliphatic rings. The summed E-state index contributed by atoms with van der Waals surface area (Å²) >= 11 is 0. The lowest BCUT2D eigenvalue weighted by atomic mass is 9.67. The molecule has 1 aromatic rings. The molecular weight excluding hydrogens is 367 g/mol. The van der Waals surface area contributed by atoms with E-state index in [2.05, 4.69) is 11.0 Å². The molecule has 0 saturated carbocycles. The van der Waals surface area contributed by atoms with Crippen LogP contribution in [0.15, 0.2) is 24.3 Å². The minimum absolute atomic E-state index is 0.0809. The molecule has 1 aliphatic carbocycles. The number of carboxylic acid groups (broad SMARTS) is 1. The van der Waals surface area contributed by atoms with Crippen molar-refractivity contribution >= 4 is 11.8 Å². The molecule has 6 nitrogen and oxygen atoms in total. The van der Waals surface area contributed by atoms with Crippen LogP contribution in [0.4, 0.5) is 13.2 Å². The first-order chi connectivity index (χ1) is 12.6. The number of phenols is 1. The molecule has 2 N–H and O–H groups in total. The number of allylic oxidation sites excluding steroid dienone is 1. The fraction of sp³-hybridized carbons (Fsp3) is 0.444. The molecule has 146 valence electrons. The van der Waals surface area contributed by atoms with E-state index in [9.17, 15) is 23.1 Å². The van der Waals surface area contributed by atoms with Crippen LogP contribution < -0.4 is 4.74 Å². The van der Waals surface area contributed by atoms with Crippen molar-refractivity contribution in [3.8, 4) is 11.5 Å². The highest BCUT2D eigenvalue weighted by Crippen LogP contribution is 2.52. The predicted octanol–water partition coefficient (Wildman–Crippen LogP) is 2.39. The van der Waals surface area contributed by atoms with E-state index in [4.69, 9.17) is 14.6 Å². The summed E-state index contributed by atoms with van der Waals surface area (Å²) in [6, 6.07) is 4.04. The SMILES string of the molecule is COc1cc2c(cc1O)CN1CC[C@@]23C=CC(=O)C[C@H]13.O=C(O)C(F)(F)F. The highest BCUT2D eigenvalue weighted by molar-refractivity contribution is 5.92. The Morgan fingerprint density at radius 3 is 2.63 bits per heavy atom. The summed E-state index contributed by atoms with van der Waals surface area (Å²) < 4.78 is 37.0. The van der Waals surface area contributed by atoms with E-state index in [1.165, 1.54) is 5.56 Å². The molecule has 0 radical (unpaired) electrons. The molecule has 2 bridgehead atoms. The summed E-state index contributed by atoms with van der Waals surface area (Å²) in [6.07, 6.45) is 0.355. The van der Waals surface area contributed by atoms with Crippen LogP contribution in [-0.2, 0) is 21.5 Å². The minimum Gasteiger partial charge on any atom is -0.504 e. The number of rotatable bonds is 1. The Hall–Kier alpha value is -2.55. The smallest absolute Gasteiger partial charge is 0.490 e. The van der Waals surface area contributed by atoms with E-state index < -0.39 is 12.1 Å². The van der Waals surface area contributed by atoms with Crippen LogP contribution in [0.1, 0.15) is 24.0 Å². The molecule has 9 heteroatoms. The topological polar surface area (TPSA) is 87.1 Å². The number of carbonyl (C=O) groups is 2. The molecule has 2 aliphatic heterocycles. The molecule has 27 heavy (non-hydrogen) atoms. The van der Waals surface area contributed by atoms with Gasteiger partial charge in [-0.3, -0.25) is 9.69 Å². The van der Waals surface area contributed by atoms with Crippen LogP contribution in [-0.4, -0.2) is 52.7 Å². The Morgan fingerprint density at radius 1 is 1.37 bits per heavy atom.